The Morgan fingerprint density at radius 2 is 0.907 bits per heavy atom. The van der Waals surface area contributed by atoms with Gasteiger partial charge in [-0.1, -0.05) is 0 Å². The molecule has 0 saturated carbocycles. The summed E-state index contributed by atoms with van der Waals surface area (Å²) in [4.78, 5) is 40.9. The number of carbonyl (C=O) groups excluding carboxylic acids is 2. The first-order valence-corrected chi connectivity index (χ1v) is 10.5. The van der Waals surface area contributed by atoms with E-state index < -0.39 is 70.5 Å². The second-order valence-corrected chi connectivity index (χ2v) is 7.41. The van der Waals surface area contributed by atoms with Crippen LogP contribution in [0.3, 0.4) is 0 Å². The summed E-state index contributed by atoms with van der Waals surface area (Å²) in [6.45, 7) is 0. The van der Waals surface area contributed by atoms with Gasteiger partial charge in [0.25, 0.3) is 5.78 Å². The van der Waals surface area contributed by atoms with E-state index >= 15 is 0 Å². The van der Waals surface area contributed by atoms with Crippen LogP contribution in [0.2, 0.25) is 0 Å². The standard InChI is InChI=1S/C8H3F6NO.C8H6F3NO2.C7H4F3NO2/c9-7(10,11)4-1-2-5(15-3-4)6(16)8(12,13)14;1-14-7(13)6-3-2-5(4-12-6)8(9,10)11;8-7(9,10)4-1-2-5(6(12)13)11-3-4/h1-3H;2-4H,1H3;1-3H,(H,12,13). The molecule has 8 nitrogen and oxygen atoms in total. The molecular formula is C23H13F12N3O5. The fourth-order valence-corrected chi connectivity index (χ4v) is 2.32. The minimum Gasteiger partial charge on any atom is -0.477 e. The molecule has 0 unspecified atom stereocenters. The molecule has 0 aromatic carbocycles. The molecule has 0 fully saturated rings. The average Bonchev–Trinajstić information content (AvgIpc) is 2.91. The normalized spacial score (nSPS) is 11.7. The van der Waals surface area contributed by atoms with Crippen LogP contribution in [-0.4, -0.2) is 51.1 Å². The molecule has 0 saturated heterocycles. The number of alkyl halides is 12. The van der Waals surface area contributed by atoms with Crippen LogP contribution in [0, 0.1) is 0 Å². The maximum absolute atomic E-state index is 12.0. The van der Waals surface area contributed by atoms with Gasteiger partial charge in [0.1, 0.15) is 17.1 Å². The molecule has 3 heterocycles. The number of rotatable bonds is 3. The van der Waals surface area contributed by atoms with Crippen LogP contribution in [0.1, 0.15) is 48.2 Å². The number of carboxylic acids is 1. The Morgan fingerprint density at radius 1 is 0.581 bits per heavy atom. The number of carbonyl (C=O) groups is 3. The number of aromatic nitrogens is 3. The minimum absolute atomic E-state index is 0.152. The van der Waals surface area contributed by atoms with Crippen molar-refractivity contribution < 1.29 is 76.9 Å². The van der Waals surface area contributed by atoms with Crippen LogP contribution in [-0.2, 0) is 23.3 Å². The number of pyridine rings is 3. The molecule has 0 amide bonds. The number of aromatic carboxylic acids is 1. The van der Waals surface area contributed by atoms with Crippen molar-refractivity contribution in [2.24, 2.45) is 0 Å². The zero-order valence-electron chi connectivity index (χ0n) is 20.7. The molecule has 0 atom stereocenters. The number of ketones is 1. The van der Waals surface area contributed by atoms with Gasteiger partial charge in [-0.3, -0.25) is 9.78 Å². The molecule has 0 radical (unpaired) electrons. The third-order valence-corrected chi connectivity index (χ3v) is 4.38. The summed E-state index contributed by atoms with van der Waals surface area (Å²) in [7, 11) is 1.13. The van der Waals surface area contributed by atoms with Crippen molar-refractivity contribution in [3.05, 3.63) is 88.8 Å². The van der Waals surface area contributed by atoms with Crippen molar-refractivity contribution in [1.82, 2.24) is 15.0 Å². The summed E-state index contributed by atoms with van der Waals surface area (Å²) >= 11 is 0. The Kier molecular flexibility index (Phi) is 11.7. The molecule has 234 valence electrons. The fourth-order valence-electron chi connectivity index (χ4n) is 2.32. The largest absolute Gasteiger partial charge is 0.477 e. The van der Waals surface area contributed by atoms with E-state index in [0.717, 1.165) is 25.3 Å². The van der Waals surface area contributed by atoms with E-state index in [1.165, 1.54) is 0 Å². The molecule has 0 aliphatic rings. The quantitative estimate of drug-likeness (QED) is 0.195. The maximum Gasteiger partial charge on any atom is 0.456 e. The number of Topliss-reactive ketones (excluding diaryl/α,β-unsaturated/α-hetero) is 1. The van der Waals surface area contributed by atoms with E-state index in [0.29, 0.717) is 30.6 Å². The van der Waals surface area contributed by atoms with E-state index in [1.807, 2.05) is 0 Å². The summed E-state index contributed by atoms with van der Waals surface area (Å²) in [5.41, 5.74) is -4.71. The number of ether oxygens (including phenoxy) is 1. The van der Waals surface area contributed by atoms with Gasteiger partial charge in [0.05, 0.1) is 23.8 Å². The first-order valence-electron chi connectivity index (χ1n) is 10.5. The van der Waals surface area contributed by atoms with Gasteiger partial charge in [0.15, 0.2) is 0 Å². The lowest BCUT2D eigenvalue weighted by molar-refractivity contribution is -0.138. The number of hydrogen-bond donors (Lipinski definition) is 1. The van der Waals surface area contributed by atoms with Crippen LogP contribution >= 0.6 is 0 Å². The highest BCUT2D eigenvalue weighted by atomic mass is 19.4. The predicted octanol–water partition coefficient (Wildman–Crippen LogP) is 6.53. The Labute approximate surface area is 231 Å². The number of halogens is 12. The van der Waals surface area contributed by atoms with Crippen molar-refractivity contribution in [2.75, 3.05) is 7.11 Å². The van der Waals surface area contributed by atoms with Gasteiger partial charge in [0, 0.05) is 18.6 Å². The van der Waals surface area contributed by atoms with Crippen molar-refractivity contribution >= 4 is 17.7 Å². The second kappa shape index (κ2) is 13.9. The minimum atomic E-state index is -5.15. The molecule has 20 heteroatoms. The van der Waals surface area contributed by atoms with Crippen LogP contribution < -0.4 is 0 Å². The zero-order chi connectivity index (χ0) is 33.4. The van der Waals surface area contributed by atoms with Gasteiger partial charge in [0.2, 0.25) is 0 Å². The maximum atomic E-state index is 12.0. The van der Waals surface area contributed by atoms with Gasteiger partial charge >= 0.3 is 36.6 Å². The third kappa shape index (κ3) is 11.6. The smallest absolute Gasteiger partial charge is 0.456 e. The predicted molar refractivity (Wildman–Crippen MR) is 116 cm³/mol. The van der Waals surface area contributed by atoms with Crippen LogP contribution in [0.4, 0.5) is 52.7 Å². The van der Waals surface area contributed by atoms with Gasteiger partial charge in [-0.25, -0.2) is 19.6 Å². The highest BCUT2D eigenvalue weighted by Crippen LogP contribution is 2.30. The number of nitrogens with zero attached hydrogens (tertiary/aromatic N) is 3. The number of hydrogen-bond acceptors (Lipinski definition) is 7. The van der Waals surface area contributed by atoms with Crippen LogP contribution in [0.15, 0.2) is 55.0 Å². The molecule has 0 bridgehead atoms. The van der Waals surface area contributed by atoms with E-state index in [2.05, 4.69) is 19.7 Å². The molecule has 0 spiro atoms. The number of esters is 1. The van der Waals surface area contributed by atoms with Crippen LogP contribution in [0.25, 0.3) is 0 Å². The number of methoxy groups -OCH3 is 1. The summed E-state index contributed by atoms with van der Waals surface area (Å²) in [5.74, 6) is -4.39. The Bertz CT molecular complexity index is 1380. The zero-order valence-corrected chi connectivity index (χ0v) is 20.7. The van der Waals surface area contributed by atoms with Crippen molar-refractivity contribution in [3.63, 3.8) is 0 Å². The second-order valence-electron chi connectivity index (χ2n) is 7.41. The van der Waals surface area contributed by atoms with E-state index in [9.17, 15) is 67.1 Å². The number of carboxylic acid groups (broad SMARTS) is 1. The first-order chi connectivity index (χ1) is 19.5. The van der Waals surface area contributed by atoms with Gasteiger partial charge in [-0.05, 0) is 36.4 Å². The van der Waals surface area contributed by atoms with E-state index in [1.54, 1.807) is 0 Å². The lowest BCUT2D eigenvalue weighted by Crippen LogP contribution is -2.24. The summed E-state index contributed by atoms with van der Waals surface area (Å²) < 4.78 is 148. The molecule has 3 aromatic rings. The van der Waals surface area contributed by atoms with Crippen molar-refractivity contribution in [1.29, 1.82) is 0 Å². The van der Waals surface area contributed by atoms with E-state index in [4.69, 9.17) is 5.11 Å². The molecule has 3 aromatic heterocycles. The molecule has 0 aliphatic carbocycles. The molecular weight excluding hydrogens is 626 g/mol. The van der Waals surface area contributed by atoms with Gasteiger partial charge in [-0.15, -0.1) is 0 Å². The van der Waals surface area contributed by atoms with Crippen molar-refractivity contribution in [2.45, 2.75) is 24.7 Å². The van der Waals surface area contributed by atoms with Crippen LogP contribution in [0.5, 0.6) is 0 Å². The SMILES string of the molecule is COC(=O)c1ccc(C(F)(F)F)cn1.O=C(O)c1ccc(C(F)(F)F)cn1.O=C(c1ccc(C(F)(F)F)cn1)C(F)(F)F. The molecule has 43 heavy (non-hydrogen) atoms. The Balaban J connectivity index is 0.000000324. The Hall–Kier alpha value is -4.78. The average molecular weight is 639 g/mol. The summed E-state index contributed by atoms with van der Waals surface area (Å²) in [5, 5.41) is 8.33. The fraction of sp³-hybridized carbons (Fsp3) is 0.217. The third-order valence-electron chi connectivity index (χ3n) is 4.38. The first kappa shape index (κ1) is 36.2. The monoisotopic (exact) mass is 639 g/mol. The van der Waals surface area contributed by atoms with E-state index in [-0.39, 0.29) is 11.9 Å². The van der Waals surface area contributed by atoms with Gasteiger partial charge < -0.3 is 9.84 Å². The van der Waals surface area contributed by atoms with Crippen molar-refractivity contribution in [3.8, 4) is 0 Å². The molecule has 3 rings (SSSR count). The topological polar surface area (TPSA) is 119 Å². The van der Waals surface area contributed by atoms with Gasteiger partial charge in [-0.2, -0.15) is 52.7 Å². The highest BCUT2D eigenvalue weighted by molar-refractivity contribution is 5.98. The highest BCUT2D eigenvalue weighted by Gasteiger charge is 2.41. The summed E-state index contributed by atoms with van der Waals surface area (Å²) in [6.07, 6.45) is -17.5. The lowest BCUT2D eigenvalue weighted by Gasteiger charge is -2.07. The lowest BCUT2D eigenvalue weighted by atomic mass is 10.2. The Morgan fingerprint density at radius 3 is 1.14 bits per heavy atom. The molecule has 1 N–H and O–H groups in total. The molecule has 0 aliphatic heterocycles. The summed E-state index contributed by atoms with van der Waals surface area (Å²) in [6, 6.07) is 3.99.